The van der Waals surface area contributed by atoms with Crippen molar-refractivity contribution in [1.82, 2.24) is 30.2 Å². The summed E-state index contributed by atoms with van der Waals surface area (Å²) >= 11 is 0. The fourth-order valence-corrected chi connectivity index (χ4v) is 3.66. The lowest BCUT2D eigenvalue weighted by molar-refractivity contribution is 0.0952. The molecule has 7 heteroatoms. The predicted octanol–water partition coefficient (Wildman–Crippen LogP) is 3.43. The van der Waals surface area contributed by atoms with Gasteiger partial charge in [0.25, 0.3) is 5.91 Å². The number of benzene rings is 2. The summed E-state index contributed by atoms with van der Waals surface area (Å²) in [7, 11) is 0. The van der Waals surface area contributed by atoms with Crippen LogP contribution in [0.4, 0.5) is 0 Å². The number of fused-ring (bicyclic) bond motifs is 2. The monoisotopic (exact) mass is 410 g/mol. The molecule has 3 N–H and O–H groups in total. The number of aromatic amines is 1. The van der Waals surface area contributed by atoms with E-state index in [2.05, 4.69) is 50.2 Å². The highest BCUT2D eigenvalue weighted by molar-refractivity contribution is 6.05. The van der Waals surface area contributed by atoms with Gasteiger partial charge >= 0.3 is 0 Å². The normalized spacial score (nSPS) is 11.2. The third-order valence-electron chi connectivity index (χ3n) is 5.22. The quantitative estimate of drug-likeness (QED) is 0.384. The van der Waals surface area contributed by atoms with Crippen molar-refractivity contribution in [2.24, 2.45) is 0 Å². The van der Waals surface area contributed by atoms with Gasteiger partial charge in [-0.15, -0.1) is 0 Å². The summed E-state index contributed by atoms with van der Waals surface area (Å²) < 4.78 is 2.00. The molecule has 7 nitrogen and oxygen atoms in total. The Morgan fingerprint density at radius 3 is 2.68 bits per heavy atom. The summed E-state index contributed by atoms with van der Waals surface area (Å²) in [5, 5.41) is 14.1. The van der Waals surface area contributed by atoms with E-state index in [1.807, 2.05) is 47.0 Å². The van der Waals surface area contributed by atoms with E-state index in [9.17, 15) is 4.79 Å². The number of nitrogens with zero attached hydrogens (tertiary/aromatic N) is 3. The van der Waals surface area contributed by atoms with Gasteiger partial charge in [-0.05, 0) is 29.3 Å². The van der Waals surface area contributed by atoms with E-state index in [-0.39, 0.29) is 5.91 Å². The van der Waals surface area contributed by atoms with Gasteiger partial charge in [-0.1, -0.05) is 42.5 Å². The van der Waals surface area contributed by atoms with Crippen LogP contribution < -0.4 is 10.6 Å². The average molecular weight is 410 g/mol. The van der Waals surface area contributed by atoms with Crippen LogP contribution in [0.15, 0.2) is 79.3 Å². The van der Waals surface area contributed by atoms with Crippen LogP contribution in [0, 0.1) is 0 Å². The van der Waals surface area contributed by atoms with Crippen molar-refractivity contribution in [2.45, 2.75) is 19.6 Å². The standard InChI is InChI=1S/C24H22N6O/c31-24(20-7-4-8-22-21(20)14-27-29-22)26-13-19-16-30-15-18(9-10-23(30)28-19)12-25-11-17-5-2-1-3-6-17/h1-10,14-16,25H,11-13H2,(H,26,31)(H,27,29). The van der Waals surface area contributed by atoms with E-state index in [0.29, 0.717) is 12.1 Å². The Bertz CT molecular complexity index is 1340. The minimum atomic E-state index is -0.144. The van der Waals surface area contributed by atoms with Crippen LogP contribution >= 0.6 is 0 Å². The Kier molecular flexibility index (Phi) is 5.16. The molecule has 5 aromatic rings. The average Bonchev–Trinajstić information content (AvgIpc) is 3.44. The number of carbonyl (C=O) groups excluding carboxylic acids is 1. The first-order chi connectivity index (χ1) is 15.3. The molecule has 0 saturated heterocycles. The number of amides is 1. The molecular formula is C24H22N6O. The van der Waals surface area contributed by atoms with Crippen molar-refractivity contribution >= 4 is 22.5 Å². The lowest BCUT2D eigenvalue weighted by atomic mass is 10.1. The molecule has 0 radical (unpaired) electrons. The molecule has 0 aliphatic rings. The molecule has 0 saturated carbocycles. The second kappa shape index (κ2) is 8.41. The van der Waals surface area contributed by atoms with Crippen molar-refractivity contribution in [3.05, 3.63) is 102 Å². The van der Waals surface area contributed by atoms with Crippen LogP contribution in [0.1, 0.15) is 27.2 Å². The molecule has 5 rings (SSSR count). The topological polar surface area (TPSA) is 87.1 Å². The number of pyridine rings is 1. The molecule has 2 aromatic carbocycles. The summed E-state index contributed by atoms with van der Waals surface area (Å²) in [6.45, 7) is 1.95. The summed E-state index contributed by atoms with van der Waals surface area (Å²) in [4.78, 5) is 17.2. The van der Waals surface area contributed by atoms with Crippen LogP contribution in [-0.2, 0) is 19.6 Å². The van der Waals surface area contributed by atoms with Crippen LogP contribution in [-0.4, -0.2) is 25.5 Å². The number of nitrogens with one attached hydrogen (secondary N) is 3. The van der Waals surface area contributed by atoms with Crippen LogP contribution in [0.2, 0.25) is 0 Å². The summed E-state index contributed by atoms with van der Waals surface area (Å²) in [6, 6.07) is 19.9. The summed E-state index contributed by atoms with van der Waals surface area (Å²) in [6.07, 6.45) is 5.69. The second-order valence-electron chi connectivity index (χ2n) is 7.44. The molecule has 0 spiro atoms. The Balaban J connectivity index is 1.22. The maximum absolute atomic E-state index is 12.6. The number of aromatic nitrogens is 4. The van der Waals surface area contributed by atoms with E-state index in [0.717, 1.165) is 35.3 Å². The largest absolute Gasteiger partial charge is 0.346 e. The molecule has 0 unspecified atom stereocenters. The van der Waals surface area contributed by atoms with Gasteiger partial charge in [-0.3, -0.25) is 9.89 Å². The first-order valence-corrected chi connectivity index (χ1v) is 10.2. The number of imidazole rings is 1. The molecule has 31 heavy (non-hydrogen) atoms. The first-order valence-electron chi connectivity index (χ1n) is 10.2. The lowest BCUT2D eigenvalue weighted by Gasteiger charge is -2.05. The van der Waals surface area contributed by atoms with Crippen LogP contribution in [0.5, 0.6) is 0 Å². The van der Waals surface area contributed by atoms with E-state index >= 15 is 0 Å². The van der Waals surface area contributed by atoms with Gasteiger partial charge in [-0.2, -0.15) is 5.10 Å². The number of H-pyrrole nitrogens is 1. The van der Waals surface area contributed by atoms with Gasteiger partial charge in [-0.25, -0.2) is 4.98 Å². The highest BCUT2D eigenvalue weighted by Crippen LogP contribution is 2.16. The van der Waals surface area contributed by atoms with E-state index in [1.54, 1.807) is 12.3 Å². The van der Waals surface area contributed by atoms with Crippen LogP contribution in [0.3, 0.4) is 0 Å². The van der Waals surface area contributed by atoms with Crippen molar-refractivity contribution in [1.29, 1.82) is 0 Å². The Morgan fingerprint density at radius 2 is 1.77 bits per heavy atom. The third-order valence-corrected chi connectivity index (χ3v) is 5.22. The molecule has 3 aromatic heterocycles. The van der Waals surface area contributed by atoms with Crippen molar-refractivity contribution in [3.63, 3.8) is 0 Å². The zero-order valence-corrected chi connectivity index (χ0v) is 16.9. The molecule has 0 bridgehead atoms. The Hall–Kier alpha value is -3.97. The first kappa shape index (κ1) is 19.0. The van der Waals surface area contributed by atoms with Gasteiger partial charge in [0.2, 0.25) is 0 Å². The fraction of sp³-hybridized carbons (Fsp3) is 0.125. The SMILES string of the molecule is O=C(NCc1cn2cc(CNCc3ccccc3)ccc2n1)c1cccc2[nH]ncc12. The number of hydrogen-bond donors (Lipinski definition) is 3. The number of carbonyl (C=O) groups is 1. The number of rotatable bonds is 7. The van der Waals surface area contributed by atoms with Crippen molar-refractivity contribution in [2.75, 3.05) is 0 Å². The summed E-state index contributed by atoms with van der Waals surface area (Å²) in [5.41, 5.74) is 5.53. The Morgan fingerprint density at radius 1 is 0.903 bits per heavy atom. The lowest BCUT2D eigenvalue weighted by Crippen LogP contribution is -2.23. The molecule has 154 valence electrons. The van der Waals surface area contributed by atoms with E-state index < -0.39 is 0 Å². The fourth-order valence-electron chi connectivity index (χ4n) is 3.66. The van der Waals surface area contributed by atoms with Crippen molar-refractivity contribution < 1.29 is 4.79 Å². The maximum Gasteiger partial charge on any atom is 0.252 e. The molecule has 0 atom stereocenters. The molecule has 1 amide bonds. The highest BCUT2D eigenvalue weighted by atomic mass is 16.1. The minimum absolute atomic E-state index is 0.144. The summed E-state index contributed by atoms with van der Waals surface area (Å²) in [5.74, 6) is -0.144. The highest BCUT2D eigenvalue weighted by Gasteiger charge is 2.11. The maximum atomic E-state index is 12.6. The van der Waals surface area contributed by atoms with Gasteiger partial charge in [0.1, 0.15) is 5.65 Å². The zero-order chi connectivity index (χ0) is 21.0. The molecule has 0 aliphatic carbocycles. The molecule has 3 heterocycles. The molecule has 0 aliphatic heterocycles. The molecular weight excluding hydrogens is 388 g/mol. The van der Waals surface area contributed by atoms with Crippen molar-refractivity contribution in [3.8, 4) is 0 Å². The predicted molar refractivity (Wildman–Crippen MR) is 119 cm³/mol. The van der Waals surface area contributed by atoms with Crippen LogP contribution in [0.25, 0.3) is 16.6 Å². The Labute approximate surface area is 179 Å². The molecule has 0 fully saturated rings. The van der Waals surface area contributed by atoms with E-state index in [4.69, 9.17) is 0 Å². The third kappa shape index (κ3) is 4.17. The van der Waals surface area contributed by atoms with E-state index in [1.165, 1.54) is 11.1 Å². The van der Waals surface area contributed by atoms with Gasteiger partial charge in [0.15, 0.2) is 0 Å². The second-order valence-corrected chi connectivity index (χ2v) is 7.44. The zero-order valence-electron chi connectivity index (χ0n) is 16.9. The van der Waals surface area contributed by atoms with Gasteiger partial charge in [0.05, 0.1) is 29.5 Å². The van der Waals surface area contributed by atoms with Gasteiger partial charge < -0.3 is 15.0 Å². The van der Waals surface area contributed by atoms with Gasteiger partial charge in [0, 0.05) is 30.9 Å². The smallest absolute Gasteiger partial charge is 0.252 e. The minimum Gasteiger partial charge on any atom is -0.346 e. The number of hydrogen-bond acceptors (Lipinski definition) is 4.